The number of epoxide rings is 1. The summed E-state index contributed by atoms with van der Waals surface area (Å²) < 4.78 is 17.8. The largest absolute Gasteiger partial charge is 0.442 e. The number of hydrogen-bond acceptors (Lipinski definition) is 7. The molecule has 7 nitrogen and oxygen atoms in total. The number of methoxy groups -OCH3 is 1. The second-order valence-electron chi connectivity index (χ2n) is 8.49. The molecule has 172 valence electrons. The molecule has 30 heavy (non-hydrogen) atoms. The van der Waals surface area contributed by atoms with Gasteiger partial charge in [-0.25, -0.2) is 4.79 Å². The average Bonchev–Trinajstić information content (AvgIpc) is 3.35. The average molecular weight is 464 g/mol. The highest BCUT2D eigenvalue weighted by molar-refractivity contribution is 7.99. The van der Waals surface area contributed by atoms with Crippen LogP contribution in [0.2, 0.25) is 0 Å². The first-order chi connectivity index (χ1) is 14.0. The molecule has 1 heterocycles. The Hall–Kier alpha value is -0.800. The van der Waals surface area contributed by atoms with Crippen molar-refractivity contribution in [1.29, 1.82) is 0 Å². The van der Waals surface area contributed by atoms with Crippen LogP contribution < -0.4 is 0 Å². The van der Waals surface area contributed by atoms with E-state index in [4.69, 9.17) is 26.0 Å². The minimum absolute atomic E-state index is 0.0515. The van der Waals surface area contributed by atoms with E-state index < -0.39 is 41.3 Å². The zero-order chi connectivity index (χ0) is 22.7. The number of thioether (sulfide) groups is 1. The highest BCUT2D eigenvalue weighted by Crippen LogP contribution is 2.55. The summed E-state index contributed by atoms with van der Waals surface area (Å²) in [6.07, 6.45) is 1.46. The fourth-order valence-electron chi connectivity index (χ4n) is 4.42. The zero-order valence-electron chi connectivity index (χ0n) is 18.6. The van der Waals surface area contributed by atoms with E-state index in [0.29, 0.717) is 23.0 Å². The minimum atomic E-state index is -1.03. The first-order valence-electron chi connectivity index (χ1n) is 10.3. The third kappa shape index (κ3) is 5.51. The molecule has 1 aliphatic heterocycles. The molecular weight excluding hydrogens is 430 g/mol. The molecule has 1 saturated carbocycles. The van der Waals surface area contributed by atoms with Gasteiger partial charge in [0.25, 0.3) is 0 Å². The van der Waals surface area contributed by atoms with Crippen molar-refractivity contribution >= 4 is 35.5 Å². The summed E-state index contributed by atoms with van der Waals surface area (Å²) >= 11 is 7.38. The first-order valence-corrected chi connectivity index (χ1v) is 11.8. The lowest BCUT2D eigenvalue weighted by molar-refractivity contribution is -0.171. The van der Waals surface area contributed by atoms with Crippen LogP contribution >= 0.6 is 23.5 Å². The number of carbonyl (C=O) groups is 2. The number of imide groups is 1. The van der Waals surface area contributed by atoms with Crippen molar-refractivity contribution in [3.05, 3.63) is 11.6 Å². The van der Waals surface area contributed by atoms with Crippen molar-refractivity contribution < 1.29 is 28.9 Å². The second kappa shape index (κ2) is 10.2. The van der Waals surface area contributed by atoms with Gasteiger partial charge in [0, 0.05) is 37.5 Å². The summed E-state index contributed by atoms with van der Waals surface area (Å²) in [6.45, 7) is 9.29. The Bertz CT molecular complexity index is 672. The molecule has 0 radical (unpaired) electrons. The zero-order valence-corrected chi connectivity index (χ0v) is 20.2. The van der Waals surface area contributed by atoms with E-state index in [9.17, 15) is 14.7 Å². The Morgan fingerprint density at radius 1 is 1.37 bits per heavy atom. The number of ether oxygens (including phenoxy) is 3. The topological polar surface area (TPSA) is 88.6 Å². The predicted molar refractivity (Wildman–Crippen MR) is 117 cm³/mol. The molecule has 2 rings (SSSR count). The molecule has 1 aliphatic carbocycles. The molecule has 6 unspecified atom stereocenters. The van der Waals surface area contributed by atoms with Crippen LogP contribution in [0.1, 0.15) is 53.9 Å². The van der Waals surface area contributed by atoms with Gasteiger partial charge < -0.3 is 19.3 Å². The van der Waals surface area contributed by atoms with Crippen LogP contribution in [-0.4, -0.2) is 69.7 Å². The molecule has 0 spiro atoms. The summed E-state index contributed by atoms with van der Waals surface area (Å²) in [7, 11) is 1.54. The normalized spacial score (nSPS) is 35.5. The van der Waals surface area contributed by atoms with Gasteiger partial charge >= 0.3 is 6.09 Å². The Morgan fingerprint density at radius 3 is 2.57 bits per heavy atom. The molecule has 1 saturated heterocycles. The standard InChI is InChI=1S/C21H34ClNO6S/c1-7-30-12-21(26)11-10-15(28-19(25)23(22)14(4)24)17(27-6)18(21)20(5)16(29-20)9-8-13(2)3/h8,15-18,26H,7,9-12H2,1-6H3. The van der Waals surface area contributed by atoms with Crippen molar-refractivity contribution in [3.8, 4) is 0 Å². The molecule has 0 bridgehead atoms. The number of amides is 2. The van der Waals surface area contributed by atoms with Gasteiger partial charge in [-0.1, -0.05) is 18.6 Å². The van der Waals surface area contributed by atoms with E-state index in [1.54, 1.807) is 11.8 Å². The van der Waals surface area contributed by atoms with Crippen LogP contribution in [0.5, 0.6) is 0 Å². The van der Waals surface area contributed by atoms with Gasteiger partial charge in [-0.3, -0.25) is 4.79 Å². The van der Waals surface area contributed by atoms with Gasteiger partial charge in [0.1, 0.15) is 17.8 Å². The molecule has 2 amide bonds. The minimum Gasteiger partial charge on any atom is -0.442 e. The number of rotatable bonds is 8. The predicted octanol–water partition coefficient (Wildman–Crippen LogP) is 3.92. The van der Waals surface area contributed by atoms with Gasteiger partial charge in [-0.15, -0.1) is 0 Å². The molecule has 0 aromatic carbocycles. The van der Waals surface area contributed by atoms with Crippen molar-refractivity contribution in [3.63, 3.8) is 0 Å². The quantitative estimate of drug-likeness (QED) is 0.331. The smallest absolute Gasteiger partial charge is 0.432 e. The summed E-state index contributed by atoms with van der Waals surface area (Å²) in [6, 6.07) is 0. The van der Waals surface area contributed by atoms with Crippen molar-refractivity contribution in [1.82, 2.24) is 4.42 Å². The second-order valence-corrected chi connectivity index (χ2v) is 10.1. The van der Waals surface area contributed by atoms with Crippen molar-refractivity contribution in [2.45, 2.75) is 83.4 Å². The summed E-state index contributed by atoms with van der Waals surface area (Å²) in [5.41, 5.74) is -0.433. The molecule has 1 N–H and O–H groups in total. The lowest BCUT2D eigenvalue weighted by Gasteiger charge is -2.49. The summed E-state index contributed by atoms with van der Waals surface area (Å²) in [5.74, 6) is 0.386. The van der Waals surface area contributed by atoms with Crippen LogP contribution in [0, 0.1) is 5.92 Å². The number of carbonyl (C=O) groups excluding carboxylic acids is 2. The van der Waals surface area contributed by atoms with Crippen LogP contribution in [0.3, 0.4) is 0 Å². The lowest BCUT2D eigenvalue weighted by atomic mass is 9.66. The van der Waals surface area contributed by atoms with Crippen molar-refractivity contribution in [2.75, 3.05) is 18.6 Å². The van der Waals surface area contributed by atoms with E-state index in [0.717, 1.165) is 12.2 Å². The Kier molecular flexibility index (Phi) is 8.67. The number of halogens is 1. The lowest BCUT2D eigenvalue weighted by Crippen LogP contribution is -2.61. The highest BCUT2D eigenvalue weighted by Gasteiger charge is 2.67. The van der Waals surface area contributed by atoms with Gasteiger partial charge in [0.15, 0.2) is 0 Å². The summed E-state index contributed by atoms with van der Waals surface area (Å²) in [4.78, 5) is 23.6. The molecule has 6 atom stereocenters. The SMILES string of the molecule is CCSCC1(O)CCC(OC(=O)N(Cl)C(C)=O)C(OC)C1C1(C)OC1CC=C(C)C. The van der Waals surface area contributed by atoms with Gasteiger partial charge in [-0.05, 0) is 45.8 Å². The van der Waals surface area contributed by atoms with E-state index in [1.165, 1.54) is 19.6 Å². The first kappa shape index (κ1) is 25.5. The Balaban J connectivity index is 2.29. The third-order valence-electron chi connectivity index (χ3n) is 5.99. The molecular formula is C21H34ClNO6S. The molecule has 2 fully saturated rings. The number of nitrogens with zero attached hydrogens (tertiary/aromatic N) is 1. The number of allylic oxidation sites excluding steroid dienone is 1. The monoisotopic (exact) mass is 463 g/mol. The fraction of sp³-hybridized carbons (Fsp3) is 0.810. The Labute approximate surface area is 188 Å². The maximum Gasteiger partial charge on any atom is 0.432 e. The Morgan fingerprint density at radius 2 is 2.03 bits per heavy atom. The number of hydrogen-bond donors (Lipinski definition) is 1. The van der Waals surface area contributed by atoms with E-state index in [1.807, 2.05) is 27.7 Å². The third-order valence-corrected chi connectivity index (χ3v) is 7.48. The number of aliphatic hydroxyl groups is 1. The van der Waals surface area contributed by atoms with Gasteiger partial charge in [0.2, 0.25) is 5.91 Å². The summed E-state index contributed by atoms with van der Waals surface area (Å²) in [5, 5.41) is 11.7. The molecule has 9 heteroatoms. The maximum atomic E-state index is 12.3. The van der Waals surface area contributed by atoms with Gasteiger partial charge in [-0.2, -0.15) is 16.2 Å². The van der Waals surface area contributed by atoms with E-state index in [-0.39, 0.29) is 6.10 Å². The molecule has 2 aliphatic rings. The molecule has 0 aromatic rings. The molecule has 0 aromatic heterocycles. The van der Waals surface area contributed by atoms with E-state index in [2.05, 4.69) is 6.08 Å². The van der Waals surface area contributed by atoms with Gasteiger partial charge in [0.05, 0.1) is 11.7 Å². The van der Waals surface area contributed by atoms with Crippen LogP contribution in [0.4, 0.5) is 4.79 Å². The fourth-order valence-corrected chi connectivity index (χ4v) is 5.34. The van der Waals surface area contributed by atoms with Crippen LogP contribution in [0.15, 0.2) is 11.6 Å². The van der Waals surface area contributed by atoms with Crippen molar-refractivity contribution in [2.24, 2.45) is 5.92 Å². The van der Waals surface area contributed by atoms with Crippen LogP contribution in [-0.2, 0) is 19.0 Å². The maximum absolute atomic E-state index is 12.3. The van der Waals surface area contributed by atoms with E-state index >= 15 is 0 Å². The highest BCUT2D eigenvalue weighted by atomic mass is 35.5. The van der Waals surface area contributed by atoms with Crippen LogP contribution in [0.25, 0.3) is 0 Å².